The molecule has 2 aromatic carbocycles. The van der Waals surface area contributed by atoms with Crippen LogP contribution in [0.3, 0.4) is 0 Å². The molecule has 2 N–H and O–H groups in total. The third-order valence-electron chi connectivity index (χ3n) is 2.83. The molecule has 0 aliphatic rings. The SMILES string of the molecule is COc1ccc(/C=C\c2cc(F)c(F)c(F)c2)c(O)c1O. The molecule has 0 amide bonds. The van der Waals surface area contributed by atoms with E-state index in [1.165, 1.54) is 31.4 Å². The standard InChI is InChI=1S/C15H11F3O3/c1-21-12-5-4-9(14(19)15(12)20)3-2-8-6-10(16)13(18)11(17)7-8/h2-7,19-20H,1H3/b3-2-. The van der Waals surface area contributed by atoms with Crippen molar-refractivity contribution in [1.29, 1.82) is 0 Å². The lowest BCUT2D eigenvalue weighted by atomic mass is 10.1. The van der Waals surface area contributed by atoms with Crippen molar-refractivity contribution in [2.75, 3.05) is 7.11 Å². The highest BCUT2D eigenvalue weighted by Crippen LogP contribution is 2.38. The molecule has 2 rings (SSSR count). The third-order valence-corrected chi connectivity index (χ3v) is 2.83. The second-order valence-corrected chi connectivity index (χ2v) is 4.19. The summed E-state index contributed by atoms with van der Waals surface area (Å²) in [4.78, 5) is 0. The topological polar surface area (TPSA) is 49.7 Å². The Morgan fingerprint density at radius 1 is 0.952 bits per heavy atom. The molecule has 2 aromatic rings. The van der Waals surface area contributed by atoms with Crippen LogP contribution in [0.15, 0.2) is 24.3 Å². The molecule has 0 aliphatic carbocycles. The van der Waals surface area contributed by atoms with Crippen molar-refractivity contribution in [3.05, 3.63) is 52.8 Å². The zero-order valence-corrected chi connectivity index (χ0v) is 10.9. The van der Waals surface area contributed by atoms with Crippen molar-refractivity contribution < 1.29 is 28.1 Å². The molecule has 6 heteroatoms. The van der Waals surface area contributed by atoms with E-state index in [1.807, 2.05) is 0 Å². The van der Waals surface area contributed by atoms with Crippen LogP contribution in [0.1, 0.15) is 11.1 Å². The van der Waals surface area contributed by atoms with Crippen molar-refractivity contribution in [3.63, 3.8) is 0 Å². The first-order valence-corrected chi connectivity index (χ1v) is 5.85. The van der Waals surface area contributed by atoms with Gasteiger partial charge in [0.2, 0.25) is 5.75 Å². The van der Waals surface area contributed by atoms with Gasteiger partial charge in [0, 0.05) is 5.56 Å². The van der Waals surface area contributed by atoms with Gasteiger partial charge in [-0.1, -0.05) is 12.2 Å². The molecule has 0 saturated heterocycles. The monoisotopic (exact) mass is 296 g/mol. The van der Waals surface area contributed by atoms with Gasteiger partial charge < -0.3 is 14.9 Å². The van der Waals surface area contributed by atoms with Crippen molar-refractivity contribution in [2.45, 2.75) is 0 Å². The quantitative estimate of drug-likeness (QED) is 0.516. The van der Waals surface area contributed by atoms with E-state index in [4.69, 9.17) is 4.74 Å². The van der Waals surface area contributed by atoms with E-state index in [1.54, 1.807) is 0 Å². The molecule has 0 fully saturated rings. The Morgan fingerprint density at radius 2 is 1.57 bits per heavy atom. The molecule has 0 saturated carbocycles. The van der Waals surface area contributed by atoms with E-state index in [-0.39, 0.29) is 16.9 Å². The molecular weight excluding hydrogens is 285 g/mol. The van der Waals surface area contributed by atoms with Crippen LogP contribution < -0.4 is 4.74 Å². The van der Waals surface area contributed by atoms with Crippen molar-refractivity contribution in [1.82, 2.24) is 0 Å². The number of phenols is 2. The largest absolute Gasteiger partial charge is 0.504 e. The Morgan fingerprint density at radius 3 is 2.14 bits per heavy atom. The van der Waals surface area contributed by atoms with Gasteiger partial charge >= 0.3 is 0 Å². The van der Waals surface area contributed by atoms with Gasteiger partial charge in [-0.2, -0.15) is 0 Å². The van der Waals surface area contributed by atoms with Crippen LogP contribution in [0.4, 0.5) is 13.2 Å². The molecule has 0 atom stereocenters. The number of hydrogen-bond donors (Lipinski definition) is 2. The zero-order valence-electron chi connectivity index (χ0n) is 10.9. The molecule has 0 aliphatic heterocycles. The molecule has 21 heavy (non-hydrogen) atoms. The Balaban J connectivity index is 2.36. The molecule has 0 heterocycles. The minimum absolute atomic E-state index is 0.0705. The summed E-state index contributed by atoms with van der Waals surface area (Å²) < 4.78 is 43.7. The zero-order chi connectivity index (χ0) is 15.6. The minimum atomic E-state index is -1.54. The highest BCUT2D eigenvalue weighted by Gasteiger charge is 2.11. The summed E-state index contributed by atoms with van der Waals surface area (Å²) in [6.07, 6.45) is 2.59. The maximum Gasteiger partial charge on any atom is 0.201 e. The molecule has 0 spiro atoms. The Kier molecular flexibility index (Phi) is 4.07. The van der Waals surface area contributed by atoms with Crippen LogP contribution in [0, 0.1) is 17.5 Å². The first-order valence-electron chi connectivity index (χ1n) is 5.85. The number of ether oxygens (including phenoxy) is 1. The predicted molar refractivity (Wildman–Crippen MR) is 71.6 cm³/mol. The van der Waals surface area contributed by atoms with E-state index >= 15 is 0 Å². The lowest BCUT2D eigenvalue weighted by molar-refractivity contribution is 0.350. The van der Waals surface area contributed by atoms with Gasteiger partial charge in [-0.15, -0.1) is 0 Å². The predicted octanol–water partition coefficient (Wildman–Crippen LogP) is 3.69. The highest BCUT2D eigenvalue weighted by molar-refractivity contribution is 5.75. The highest BCUT2D eigenvalue weighted by atomic mass is 19.2. The number of aromatic hydroxyl groups is 2. The maximum absolute atomic E-state index is 13.1. The summed E-state index contributed by atoms with van der Waals surface area (Å²) in [7, 11) is 1.33. The van der Waals surface area contributed by atoms with Crippen LogP contribution in [0.5, 0.6) is 17.2 Å². The van der Waals surface area contributed by atoms with E-state index in [0.29, 0.717) is 0 Å². The van der Waals surface area contributed by atoms with Gasteiger partial charge in [-0.25, -0.2) is 13.2 Å². The van der Waals surface area contributed by atoms with Crippen LogP contribution in [-0.4, -0.2) is 17.3 Å². The second-order valence-electron chi connectivity index (χ2n) is 4.19. The van der Waals surface area contributed by atoms with E-state index < -0.39 is 29.0 Å². The first kappa shape index (κ1) is 14.8. The van der Waals surface area contributed by atoms with E-state index in [9.17, 15) is 23.4 Å². The smallest absolute Gasteiger partial charge is 0.201 e. The van der Waals surface area contributed by atoms with E-state index in [0.717, 1.165) is 12.1 Å². The minimum Gasteiger partial charge on any atom is -0.504 e. The summed E-state index contributed by atoms with van der Waals surface area (Å²) in [6.45, 7) is 0. The summed E-state index contributed by atoms with van der Waals surface area (Å²) >= 11 is 0. The summed E-state index contributed by atoms with van der Waals surface area (Å²) in [5.41, 5.74) is 0.277. The van der Waals surface area contributed by atoms with E-state index in [2.05, 4.69) is 0 Å². The third kappa shape index (κ3) is 2.94. The summed E-state index contributed by atoms with van der Waals surface area (Å²) in [5, 5.41) is 19.4. The Labute approximate surface area is 118 Å². The normalized spacial score (nSPS) is 11.0. The summed E-state index contributed by atoms with van der Waals surface area (Å²) in [6, 6.07) is 4.49. The first-order chi connectivity index (χ1) is 9.93. The van der Waals surface area contributed by atoms with Gasteiger partial charge in [-0.05, 0) is 29.8 Å². The molecule has 0 unspecified atom stereocenters. The average Bonchev–Trinajstić information content (AvgIpc) is 2.46. The van der Waals surface area contributed by atoms with Crippen LogP contribution >= 0.6 is 0 Å². The second kappa shape index (κ2) is 5.78. The number of phenolic OH excluding ortho intramolecular Hbond substituents is 2. The Bertz CT molecular complexity index is 689. The molecule has 3 nitrogen and oxygen atoms in total. The molecular formula is C15H11F3O3. The maximum atomic E-state index is 13.1. The lowest BCUT2D eigenvalue weighted by Crippen LogP contribution is -1.91. The van der Waals surface area contributed by atoms with Crippen molar-refractivity contribution >= 4 is 12.2 Å². The average molecular weight is 296 g/mol. The molecule has 0 bridgehead atoms. The van der Waals surface area contributed by atoms with Gasteiger partial charge in [0.25, 0.3) is 0 Å². The van der Waals surface area contributed by atoms with Crippen molar-refractivity contribution in [3.8, 4) is 17.2 Å². The van der Waals surface area contributed by atoms with Crippen LogP contribution in [0.2, 0.25) is 0 Å². The number of benzene rings is 2. The number of halogens is 3. The molecule has 0 radical (unpaired) electrons. The van der Waals surface area contributed by atoms with Gasteiger partial charge in [0.15, 0.2) is 29.0 Å². The van der Waals surface area contributed by atoms with Crippen LogP contribution in [-0.2, 0) is 0 Å². The summed E-state index contributed by atoms with van der Waals surface area (Å²) in [5.74, 6) is -4.96. The number of rotatable bonds is 3. The number of methoxy groups -OCH3 is 1. The number of hydrogen-bond acceptors (Lipinski definition) is 3. The lowest BCUT2D eigenvalue weighted by Gasteiger charge is -2.07. The fourth-order valence-electron chi connectivity index (χ4n) is 1.73. The van der Waals surface area contributed by atoms with Crippen LogP contribution in [0.25, 0.3) is 12.2 Å². The van der Waals surface area contributed by atoms with Crippen molar-refractivity contribution in [2.24, 2.45) is 0 Å². The van der Waals surface area contributed by atoms with Gasteiger partial charge in [-0.3, -0.25) is 0 Å². The van der Waals surface area contributed by atoms with Gasteiger partial charge in [0.1, 0.15) is 0 Å². The molecule has 0 aromatic heterocycles. The fraction of sp³-hybridized carbons (Fsp3) is 0.0667. The fourth-order valence-corrected chi connectivity index (χ4v) is 1.73. The molecule has 110 valence electrons. The Hall–Kier alpha value is -2.63. The van der Waals surface area contributed by atoms with Gasteiger partial charge in [0.05, 0.1) is 7.11 Å².